The zero-order chi connectivity index (χ0) is 18.1. The molecule has 0 spiro atoms. The van der Waals surface area contributed by atoms with Gasteiger partial charge in [-0.05, 0) is 42.5 Å². The van der Waals surface area contributed by atoms with Gasteiger partial charge in [0.1, 0.15) is 23.9 Å². The van der Waals surface area contributed by atoms with E-state index in [4.69, 9.17) is 25.8 Å². The van der Waals surface area contributed by atoms with E-state index in [0.717, 1.165) is 11.5 Å². The van der Waals surface area contributed by atoms with Crippen molar-refractivity contribution in [2.24, 2.45) is 0 Å². The van der Waals surface area contributed by atoms with E-state index in [9.17, 15) is 4.79 Å². The van der Waals surface area contributed by atoms with Gasteiger partial charge in [0.15, 0.2) is 0 Å². The molecule has 0 radical (unpaired) electrons. The van der Waals surface area contributed by atoms with Crippen molar-refractivity contribution >= 4 is 23.2 Å². The monoisotopic (exact) mass is 364 g/mol. The van der Waals surface area contributed by atoms with Crippen LogP contribution in [0.15, 0.2) is 42.5 Å². The number of hydrogen-bond acceptors (Lipinski definition) is 5. The van der Waals surface area contributed by atoms with Crippen LogP contribution in [0.1, 0.15) is 0 Å². The van der Waals surface area contributed by atoms with Crippen molar-refractivity contribution in [2.75, 3.05) is 39.2 Å². The van der Waals surface area contributed by atoms with Gasteiger partial charge in [-0.15, -0.1) is 0 Å². The van der Waals surface area contributed by atoms with Crippen LogP contribution >= 0.6 is 11.6 Å². The van der Waals surface area contributed by atoms with Crippen molar-refractivity contribution in [3.8, 4) is 17.2 Å². The zero-order valence-corrected chi connectivity index (χ0v) is 14.9. The molecule has 0 saturated heterocycles. The Morgan fingerprint density at radius 3 is 2.44 bits per heavy atom. The van der Waals surface area contributed by atoms with E-state index in [1.807, 2.05) is 24.3 Å². The van der Waals surface area contributed by atoms with Crippen LogP contribution in [0.4, 0.5) is 5.69 Å². The summed E-state index contributed by atoms with van der Waals surface area (Å²) in [6.45, 7) is 1.13. The minimum atomic E-state index is -0.190. The molecule has 0 unspecified atom stereocenters. The SMILES string of the molecule is COc1ccc(OCCNCC(=O)Nc2cc(Cl)ccc2OC)cc1. The second-order valence-electron chi connectivity index (χ2n) is 5.09. The predicted octanol–water partition coefficient (Wildman–Crippen LogP) is 2.96. The molecule has 25 heavy (non-hydrogen) atoms. The number of hydrogen-bond donors (Lipinski definition) is 2. The summed E-state index contributed by atoms with van der Waals surface area (Å²) in [6, 6.07) is 12.4. The Bertz CT molecular complexity index is 692. The number of methoxy groups -OCH3 is 2. The number of amides is 1. The van der Waals surface area contributed by atoms with Crippen LogP contribution in [0.3, 0.4) is 0 Å². The molecule has 0 aliphatic heterocycles. The first-order valence-electron chi connectivity index (χ1n) is 7.73. The maximum Gasteiger partial charge on any atom is 0.238 e. The fourth-order valence-electron chi connectivity index (χ4n) is 2.09. The summed E-state index contributed by atoms with van der Waals surface area (Å²) in [6.07, 6.45) is 0. The summed E-state index contributed by atoms with van der Waals surface area (Å²) in [4.78, 5) is 12.0. The lowest BCUT2D eigenvalue weighted by Crippen LogP contribution is -2.31. The van der Waals surface area contributed by atoms with Crippen molar-refractivity contribution in [1.82, 2.24) is 5.32 Å². The number of benzene rings is 2. The van der Waals surface area contributed by atoms with Crippen molar-refractivity contribution in [1.29, 1.82) is 0 Å². The predicted molar refractivity (Wildman–Crippen MR) is 98.0 cm³/mol. The number of carbonyl (C=O) groups excluding carboxylic acids is 1. The quantitative estimate of drug-likeness (QED) is 0.669. The highest BCUT2D eigenvalue weighted by molar-refractivity contribution is 6.31. The summed E-state index contributed by atoms with van der Waals surface area (Å²) in [5, 5.41) is 6.30. The number of nitrogens with one attached hydrogen (secondary N) is 2. The summed E-state index contributed by atoms with van der Waals surface area (Å²) in [5.41, 5.74) is 0.538. The van der Waals surface area contributed by atoms with Gasteiger partial charge in [-0.3, -0.25) is 4.79 Å². The van der Waals surface area contributed by atoms with Crippen molar-refractivity contribution in [2.45, 2.75) is 0 Å². The Morgan fingerprint density at radius 1 is 1.04 bits per heavy atom. The molecule has 0 atom stereocenters. The number of ether oxygens (including phenoxy) is 3. The summed E-state index contributed by atoms with van der Waals surface area (Å²) in [7, 11) is 3.15. The van der Waals surface area contributed by atoms with Gasteiger partial charge in [0, 0.05) is 11.6 Å². The number of halogens is 1. The van der Waals surface area contributed by atoms with Gasteiger partial charge < -0.3 is 24.8 Å². The molecule has 6 nitrogen and oxygen atoms in total. The lowest BCUT2D eigenvalue weighted by atomic mass is 10.3. The average molecular weight is 365 g/mol. The first-order chi connectivity index (χ1) is 12.1. The molecular formula is C18H21ClN2O4. The maximum absolute atomic E-state index is 12.0. The summed E-state index contributed by atoms with van der Waals surface area (Å²) in [5.74, 6) is 1.89. The Morgan fingerprint density at radius 2 is 1.76 bits per heavy atom. The van der Waals surface area contributed by atoms with Gasteiger partial charge in [-0.25, -0.2) is 0 Å². The zero-order valence-electron chi connectivity index (χ0n) is 14.2. The minimum absolute atomic E-state index is 0.154. The fraction of sp³-hybridized carbons (Fsp3) is 0.278. The molecule has 134 valence electrons. The Kier molecular flexibility index (Phi) is 7.37. The van der Waals surface area contributed by atoms with E-state index in [2.05, 4.69) is 10.6 Å². The molecule has 0 bridgehead atoms. The van der Waals surface area contributed by atoms with Crippen molar-refractivity contribution < 1.29 is 19.0 Å². The lowest BCUT2D eigenvalue weighted by Gasteiger charge is -2.11. The van der Waals surface area contributed by atoms with Crippen LogP contribution < -0.4 is 24.8 Å². The van der Waals surface area contributed by atoms with E-state index < -0.39 is 0 Å². The van der Waals surface area contributed by atoms with Gasteiger partial charge in [0.2, 0.25) is 5.91 Å². The van der Waals surface area contributed by atoms with Gasteiger partial charge >= 0.3 is 0 Å². The average Bonchev–Trinajstić information content (AvgIpc) is 2.62. The van der Waals surface area contributed by atoms with E-state index in [-0.39, 0.29) is 12.5 Å². The number of rotatable bonds is 9. The maximum atomic E-state index is 12.0. The second kappa shape index (κ2) is 9.76. The highest BCUT2D eigenvalue weighted by Crippen LogP contribution is 2.27. The molecule has 0 saturated carbocycles. The van der Waals surface area contributed by atoms with Crippen LogP contribution in [0.2, 0.25) is 5.02 Å². The normalized spacial score (nSPS) is 10.2. The molecule has 7 heteroatoms. The van der Waals surface area contributed by atoms with Crippen LogP contribution in [-0.4, -0.2) is 39.8 Å². The molecule has 0 aliphatic carbocycles. The molecule has 2 rings (SSSR count). The number of carbonyl (C=O) groups is 1. The van der Waals surface area contributed by atoms with Gasteiger partial charge in [0.05, 0.1) is 26.5 Å². The Labute approximate surface area is 152 Å². The van der Waals surface area contributed by atoms with Gasteiger partial charge in [-0.2, -0.15) is 0 Å². The van der Waals surface area contributed by atoms with E-state index in [0.29, 0.717) is 29.6 Å². The van der Waals surface area contributed by atoms with Gasteiger partial charge in [0.25, 0.3) is 0 Å². The Balaban J connectivity index is 1.69. The first kappa shape index (κ1) is 18.9. The van der Waals surface area contributed by atoms with Crippen LogP contribution in [0, 0.1) is 0 Å². The van der Waals surface area contributed by atoms with E-state index >= 15 is 0 Å². The molecule has 2 N–H and O–H groups in total. The highest BCUT2D eigenvalue weighted by Gasteiger charge is 2.08. The molecule has 0 heterocycles. The molecule has 1 amide bonds. The minimum Gasteiger partial charge on any atom is -0.497 e. The molecule has 0 aromatic heterocycles. The highest BCUT2D eigenvalue weighted by atomic mass is 35.5. The molecule has 0 fully saturated rings. The molecule has 0 aliphatic rings. The third-order valence-corrected chi connectivity index (χ3v) is 3.56. The Hall–Kier alpha value is -2.44. The smallest absolute Gasteiger partial charge is 0.238 e. The fourth-order valence-corrected chi connectivity index (χ4v) is 2.26. The third-order valence-electron chi connectivity index (χ3n) is 3.33. The summed E-state index contributed by atoms with van der Waals surface area (Å²) >= 11 is 5.93. The standard InChI is InChI=1S/C18H21ClN2O4/c1-23-14-4-6-15(7-5-14)25-10-9-20-12-18(22)21-16-11-13(19)3-8-17(16)24-2/h3-8,11,20H,9-10,12H2,1-2H3,(H,21,22). The number of anilines is 1. The van der Waals surface area contributed by atoms with E-state index in [1.165, 1.54) is 7.11 Å². The second-order valence-corrected chi connectivity index (χ2v) is 5.53. The topological polar surface area (TPSA) is 68.8 Å². The van der Waals surface area contributed by atoms with Gasteiger partial charge in [-0.1, -0.05) is 11.6 Å². The summed E-state index contributed by atoms with van der Waals surface area (Å²) < 4.78 is 15.8. The molecule has 2 aromatic rings. The molecular weight excluding hydrogens is 344 g/mol. The van der Waals surface area contributed by atoms with Crippen molar-refractivity contribution in [3.05, 3.63) is 47.5 Å². The largest absolute Gasteiger partial charge is 0.497 e. The lowest BCUT2D eigenvalue weighted by molar-refractivity contribution is -0.115. The van der Waals surface area contributed by atoms with E-state index in [1.54, 1.807) is 25.3 Å². The van der Waals surface area contributed by atoms with Crippen molar-refractivity contribution in [3.63, 3.8) is 0 Å². The van der Waals surface area contributed by atoms with Crippen LogP contribution in [0.25, 0.3) is 0 Å². The first-order valence-corrected chi connectivity index (χ1v) is 8.11. The molecule has 2 aromatic carbocycles. The van der Waals surface area contributed by atoms with Crippen LogP contribution in [0.5, 0.6) is 17.2 Å². The third kappa shape index (κ3) is 6.17. The van der Waals surface area contributed by atoms with Crippen LogP contribution in [-0.2, 0) is 4.79 Å².